The standard InChI is InChI=1S/C20H22N6/c1-15-5-2-3-7-17(15)23-20(21)26-13-11-25(12-14-26)18-9-8-16-6-4-10-22-19(16)24-18/h2-10H,11-14H2,1H3,(H2,21,23). The summed E-state index contributed by atoms with van der Waals surface area (Å²) in [5.74, 6) is 1.54. The van der Waals surface area contributed by atoms with E-state index in [1.807, 2.05) is 43.3 Å². The molecule has 0 aliphatic carbocycles. The number of rotatable bonds is 2. The summed E-state index contributed by atoms with van der Waals surface area (Å²) in [6, 6.07) is 16.1. The first-order chi connectivity index (χ1) is 12.7. The molecule has 0 atom stereocenters. The molecule has 1 aliphatic rings. The first-order valence-corrected chi connectivity index (χ1v) is 8.82. The van der Waals surface area contributed by atoms with Crippen molar-refractivity contribution in [1.82, 2.24) is 14.9 Å². The minimum absolute atomic E-state index is 0.576. The monoisotopic (exact) mass is 346 g/mol. The minimum atomic E-state index is 0.576. The van der Waals surface area contributed by atoms with Gasteiger partial charge in [-0.05, 0) is 42.8 Å². The molecule has 1 saturated heterocycles. The lowest BCUT2D eigenvalue weighted by Crippen LogP contribution is -2.51. The van der Waals surface area contributed by atoms with Crippen LogP contribution in [0.2, 0.25) is 0 Å². The van der Waals surface area contributed by atoms with Crippen LogP contribution in [0.4, 0.5) is 11.5 Å². The SMILES string of the molecule is Cc1ccccc1N=C(N)N1CCN(c2ccc3cccnc3n2)CC1. The molecular weight excluding hydrogens is 324 g/mol. The molecule has 6 heteroatoms. The zero-order chi connectivity index (χ0) is 17.9. The maximum absolute atomic E-state index is 6.24. The number of hydrogen-bond acceptors (Lipinski definition) is 4. The van der Waals surface area contributed by atoms with E-state index in [4.69, 9.17) is 5.73 Å². The van der Waals surface area contributed by atoms with Crippen molar-refractivity contribution in [2.24, 2.45) is 10.7 Å². The Balaban J connectivity index is 1.45. The molecule has 2 aromatic heterocycles. The number of guanidine groups is 1. The molecule has 1 aromatic carbocycles. The highest BCUT2D eigenvalue weighted by molar-refractivity contribution is 5.82. The van der Waals surface area contributed by atoms with Crippen LogP contribution in [0.1, 0.15) is 5.56 Å². The fourth-order valence-corrected chi connectivity index (χ4v) is 3.17. The lowest BCUT2D eigenvalue weighted by atomic mass is 10.2. The molecule has 26 heavy (non-hydrogen) atoms. The number of anilines is 1. The number of hydrogen-bond donors (Lipinski definition) is 1. The third kappa shape index (κ3) is 3.31. The van der Waals surface area contributed by atoms with Gasteiger partial charge < -0.3 is 15.5 Å². The predicted molar refractivity (Wildman–Crippen MR) is 106 cm³/mol. The normalized spacial score (nSPS) is 15.5. The summed E-state index contributed by atoms with van der Waals surface area (Å²) in [6.07, 6.45) is 1.78. The average molecular weight is 346 g/mol. The van der Waals surface area contributed by atoms with Gasteiger partial charge in [0.25, 0.3) is 0 Å². The van der Waals surface area contributed by atoms with Gasteiger partial charge in [0.15, 0.2) is 11.6 Å². The molecule has 0 amide bonds. The van der Waals surface area contributed by atoms with Crippen LogP contribution in [0.5, 0.6) is 0 Å². The first-order valence-electron chi connectivity index (χ1n) is 8.82. The number of para-hydroxylation sites is 1. The summed E-state index contributed by atoms with van der Waals surface area (Å²) in [5, 5.41) is 1.06. The van der Waals surface area contributed by atoms with E-state index in [2.05, 4.69) is 36.9 Å². The fraction of sp³-hybridized carbons (Fsp3) is 0.250. The van der Waals surface area contributed by atoms with Crippen molar-refractivity contribution in [2.45, 2.75) is 6.92 Å². The van der Waals surface area contributed by atoms with Gasteiger partial charge in [-0.1, -0.05) is 18.2 Å². The van der Waals surface area contributed by atoms with Gasteiger partial charge in [0.05, 0.1) is 5.69 Å². The van der Waals surface area contributed by atoms with Gasteiger partial charge in [-0.15, -0.1) is 0 Å². The van der Waals surface area contributed by atoms with E-state index < -0.39 is 0 Å². The molecule has 4 rings (SSSR count). The van der Waals surface area contributed by atoms with Crippen LogP contribution in [-0.4, -0.2) is 47.0 Å². The molecule has 0 unspecified atom stereocenters. The van der Waals surface area contributed by atoms with Crippen molar-refractivity contribution >= 4 is 28.5 Å². The van der Waals surface area contributed by atoms with E-state index in [1.165, 1.54) is 0 Å². The van der Waals surface area contributed by atoms with Crippen LogP contribution in [0.3, 0.4) is 0 Å². The van der Waals surface area contributed by atoms with E-state index in [-0.39, 0.29) is 0 Å². The Morgan fingerprint density at radius 1 is 1.00 bits per heavy atom. The zero-order valence-corrected chi connectivity index (χ0v) is 14.8. The van der Waals surface area contributed by atoms with E-state index in [0.717, 1.165) is 54.3 Å². The fourth-order valence-electron chi connectivity index (χ4n) is 3.17. The Morgan fingerprint density at radius 2 is 1.81 bits per heavy atom. The lowest BCUT2D eigenvalue weighted by molar-refractivity contribution is 0.381. The van der Waals surface area contributed by atoms with Crippen LogP contribution in [0.15, 0.2) is 59.7 Å². The number of nitrogens with zero attached hydrogens (tertiary/aromatic N) is 5. The Bertz CT molecular complexity index is 944. The predicted octanol–water partition coefficient (Wildman–Crippen LogP) is 2.71. The van der Waals surface area contributed by atoms with Gasteiger partial charge in [-0.2, -0.15) is 0 Å². The number of fused-ring (bicyclic) bond motifs is 1. The first kappa shape index (κ1) is 16.3. The number of aryl methyl sites for hydroxylation is 1. The topological polar surface area (TPSA) is 70.6 Å². The lowest BCUT2D eigenvalue weighted by Gasteiger charge is -2.36. The maximum Gasteiger partial charge on any atom is 0.196 e. The summed E-state index contributed by atoms with van der Waals surface area (Å²) < 4.78 is 0. The van der Waals surface area contributed by atoms with Gasteiger partial charge in [0, 0.05) is 37.8 Å². The zero-order valence-electron chi connectivity index (χ0n) is 14.8. The molecule has 132 valence electrons. The van der Waals surface area contributed by atoms with Gasteiger partial charge >= 0.3 is 0 Å². The molecular formula is C20H22N6. The largest absolute Gasteiger partial charge is 0.369 e. The minimum Gasteiger partial charge on any atom is -0.369 e. The van der Waals surface area contributed by atoms with Gasteiger partial charge in [-0.25, -0.2) is 15.0 Å². The van der Waals surface area contributed by atoms with Crippen molar-refractivity contribution in [1.29, 1.82) is 0 Å². The van der Waals surface area contributed by atoms with Crippen LogP contribution < -0.4 is 10.6 Å². The van der Waals surface area contributed by atoms with Gasteiger partial charge in [0.1, 0.15) is 5.82 Å². The van der Waals surface area contributed by atoms with E-state index in [1.54, 1.807) is 6.20 Å². The van der Waals surface area contributed by atoms with Crippen molar-refractivity contribution < 1.29 is 0 Å². The molecule has 3 aromatic rings. The Labute approximate surface area is 153 Å². The van der Waals surface area contributed by atoms with Crippen LogP contribution in [0, 0.1) is 6.92 Å². The van der Waals surface area contributed by atoms with E-state index >= 15 is 0 Å². The van der Waals surface area contributed by atoms with Gasteiger partial charge in [0.2, 0.25) is 0 Å². The van der Waals surface area contributed by atoms with E-state index in [0.29, 0.717) is 5.96 Å². The quantitative estimate of drug-likeness (QED) is 0.571. The van der Waals surface area contributed by atoms with Crippen LogP contribution >= 0.6 is 0 Å². The molecule has 1 fully saturated rings. The number of nitrogens with two attached hydrogens (primary N) is 1. The Hall–Kier alpha value is -3.15. The number of aromatic nitrogens is 2. The second-order valence-corrected chi connectivity index (χ2v) is 6.45. The molecule has 2 N–H and O–H groups in total. The third-order valence-corrected chi connectivity index (χ3v) is 4.73. The summed E-state index contributed by atoms with van der Waals surface area (Å²) in [7, 11) is 0. The van der Waals surface area contributed by atoms with Crippen molar-refractivity contribution in [2.75, 3.05) is 31.1 Å². The highest BCUT2D eigenvalue weighted by atomic mass is 15.3. The maximum atomic E-state index is 6.24. The molecule has 3 heterocycles. The van der Waals surface area contributed by atoms with E-state index in [9.17, 15) is 0 Å². The molecule has 0 bridgehead atoms. The number of pyridine rings is 2. The number of piperazine rings is 1. The second-order valence-electron chi connectivity index (χ2n) is 6.45. The Kier molecular flexibility index (Phi) is 4.39. The summed E-state index contributed by atoms with van der Waals surface area (Å²) in [5.41, 5.74) is 9.08. The third-order valence-electron chi connectivity index (χ3n) is 4.73. The molecule has 0 saturated carbocycles. The van der Waals surface area contributed by atoms with Crippen molar-refractivity contribution in [3.63, 3.8) is 0 Å². The smallest absolute Gasteiger partial charge is 0.196 e. The van der Waals surface area contributed by atoms with Crippen molar-refractivity contribution in [3.05, 3.63) is 60.3 Å². The molecule has 0 radical (unpaired) electrons. The Morgan fingerprint density at radius 3 is 2.62 bits per heavy atom. The second kappa shape index (κ2) is 7.00. The number of aliphatic imine (C=N–C) groups is 1. The van der Waals surface area contributed by atoms with Crippen molar-refractivity contribution in [3.8, 4) is 0 Å². The number of benzene rings is 1. The summed E-state index contributed by atoms with van der Waals surface area (Å²) in [4.78, 5) is 18.0. The molecule has 0 spiro atoms. The average Bonchev–Trinajstić information content (AvgIpc) is 2.69. The molecule has 6 nitrogen and oxygen atoms in total. The summed E-state index contributed by atoms with van der Waals surface area (Å²) >= 11 is 0. The summed E-state index contributed by atoms with van der Waals surface area (Å²) in [6.45, 7) is 5.40. The highest BCUT2D eigenvalue weighted by Gasteiger charge is 2.19. The van der Waals surface area contributed by atoms with Gasteiger partial charge in [-0.3, -0.25) is 0 Å². The van der Waals surface area contributed by atoms with Crippen LogP contribution in [-0.2, 0) is 0 Å². The van der Waals surface area contributed by atoms with Crippen LogP contribution in [0.25, 0.3) is 11.0 Å². The molecule has 1 aliphatic heterocycles. The highest BCUT2D eigenvalue weighted by Crippen LogP contribution is 2.20.